The van der Waals surface area contributed by atoms with Gasteiger partial charge < -0.3 is 20.1 Å². The van der Waals surface area contributed by atoms with Crippen LogP contribution in [0.2, 0.25) is 0 Å². The van der Waals surface area contributed by atoms with Gasteiger partial charge in [0.2, 0.25) is 5.91 Å². The molecule has 0 fully saturated rings. The van der Waals surface area contributed by atoms with Crippen LogP contribution in [-0.2, 0) is 11.4 Å². The highest BCUT2D eigenvalue weighted by Gasteiger charge is 2.17. The Morgan fingerprint density at radius 1 is 1.29 bits per heavy atom. The zero-order valence-corrected chi connectivity index (χ0v) is 13.8. The number of hydrogen-bond acceptors (Lipinski definition) is 5. The molecule has 0 saturated carbocycles. The predicted molar refractivity (Wildman–Crippen MR) is 86.9 cm³/mol. The lowest BCUT2D eigenvalue weighted by Gasteiger charge is -2.10. The molecular formula is C16H20N4O4. The summed E-state index contributed by atoms with van der Waals surface area (Å²) < 4.78 is 10.9. The number of H-pyrrole nitrogens is 1. The van der Waals surface area contributed by atoms with Gasteiger partial charge in [0, 0.05) is 7.05 Å². The van der Waals surface area contributed by atoms with Crippen molar-refractivity contribution in [2.24, 2.45) is 0 Å². The first-order valence-corrected chi connectivity index (χ1v) is 7.37. The molecule has 8 heteroatoms. The van der Waals surface area contributed by atoms with Gasteiger partial charge in [0.1, 0.15) is 18.3 Å². The van der Waals surface area contributed by atoms with E-state index in [1.165, 1.54) is 7.05 Å². The fraction of sp³-hybridized carbons (Fsp3) is 0.312. The second-order valence-electron chi connectivity index (χ2n) is 5.03. The van der Waals surface area contributed by atoms with E-state index in [0.717, 1.165) is 0 Å². The molecule has 2 amide bonds. The largest absolute Gasteiger partial charge is 0.493 e. The van der Waals surface area contributed by atoms with E-state index in [-0.39, 0.29) is 18.2 Å². The Kier molecular flexibility index (Phi) is 5.78. The van der Waals surface area contributed by atoms with Crippen molar-refractivity contribution in [2.45, 2.75) is 19.6 Å². The maximum Gasteiger partial charge on any atom is 0.272 e. The molecule has 2 rings (SSSR count). The van der Waals surface area contributed by atoms with Crippen LogP contribution >= 0.6 is 0 Å². The number of aromatic nitrogens is 2. The molecule has 0 bridgehead atoms. The molecule has 0 aliphatic carbocycles. The van der Waals surface area contributed by atoms with E-state index < -0.39 is 11.9 Å². The number of carbonyl (C=O) groups is 2. The van der Waals surface area contributed by atoms with Gasteiger partial charge in [-0.05, 0) is 25.1 Å². The Morgan fingerprint density at radius 2 is 2.00 bits per heavy atom. The van der Waals surface area contributed by atoms with Crippen molar-refractivity contribution in [1.82, 2.24) is 20.8 Å². The Morgan fingerprint density at radius 3 is 2.67 bits per heavy atom. The number of benzene rings is 1. The number of likely N-dealkylation sites (N-methyl/N-ethyl adjacent to an activating group) is 1. The maximum atomic E-state index is 12.0. The summed E-state index contributed by atoms with van der Waals surface area (Å²) in [4.78, 5) is 23.4. The highest BCUT2D eigenvalue weighted by molar-refractivity contribution is 5.95. The van der Waals surface area contributed by atoms with Crippen molar-refractivity contribution >= 4 is 11.8 Å². The molecule has 24 heavy (non-hydrogen) atoms. The normalized spacial score (nSPS) is 11.5. The number of hydrogen-bond donors (Lipinski definition) is 3. The fourth-order valence-corrected chi connectivity index (χ4v) is 2.00. The molecule has 3 N–H and O–H groups in total. The summed E-state index contributed by atoms with van der Waals surface area (Å²) in [5.41, 5.74) is 0.808. The third kappa shape index (κ3) is 4.25. The number of methoxy groups -OCH3 is 1. The van der Waals surface area contributed by atoms with Crippen molar-refractivity contribution in [1.29, 1.82) is 0 Å². The number of aromatic amines is 1. The minimum atomic E-state index is -0.646. The number of carbonyl (C=O) groups excluding carboxylic acids is 2. The molecule has 2 aromatic rings. The van der Waals surface area contributed by atoms with Gasteiger partial charge in [0.15, 0.2) is 11.5 Å². The standard InChI is InChI=1S/C16H20N4O4/c1-10(15(21)17-2)18-16(22)12-8-11(19-20-12)9-24-14-7-5-4-6-13(14)23-3/h4-8,10H,9H2,1-3H3,(H,17,21)(H,18,22)(H,19,20). The van der Waals surface area contributed by atoms with Gasteiger partial charge in [-0.1, -0.05) is 12.1 Å². The lowest BCUT2D eigenvalue weighted by Crippen LogP contribution is -2.43. The van der Waals surface area contributed by atoms with Crippen LogP contribution in [0.25, 0.3) is 0 Å². The highest BCUT2D eigenvalue weighted by Crippen LogP contribution is 2.26. The monoisotopic (exact) mass is 332 g/mol. The van der Waals surface area contributed by atoms with Crippen LogP contribution in [0, 0.1) is 0 Å². The van der Waals surface area contributed by atoms with Crippen molar-refractivity contribution in [3.63, 3.8) is 0 Å². The quantitative estimate of drug-likeness (QED) is 0.697. The highest BCUT2D eigenvalue weighted by atomic mass is 16.5. The van der Waals surface area contributed by atoms with Crippen LogP contribution < -0.4 is 20.1 Å². The third-order valence-electron chi connectivity index (χ3n) is 3.30. The lowest BCUT2D eigenvalue weighted by atomic mass is 10.3. The average Bonchev–Trinajstić information content (AvgIpc) is 3.08. The Balaban J connectivity index is 1.95. The number of nitrogens with zero attached hydrogens (tertiary/aromatic N) is 1. The summed E-state index contributed by atoms with van der Waals surface area (Å²) in [7, 11) is 3.07. The zero-order chi connectivity index (χ0) is 17.5. The van der Waals surface area contributed by atoms with Gasteiger partial charge in [-0.3, -0.25) is 14.7 Å². The van der Waals surface area contributed by atoms with Gasteiger partial charge >= 0.3 is 0 Å². The van der Waals surface area contributed by atoms with Gasteiger partial charge in [-0.2, -0.15) is 5.10 Å². The lowest BCUT2D eigenvalue weighted by molar-refractivity contribution is -0.122. The van der Waals surface area contributed by atoms with E-state index in [2.05, 4.69) is 20.8 Å². The summed E-state index contributed by atoms with van der Waals surface area (Å²) in [6.07, 6.45) is 0. The van der Waals surface area contributed by atoms with E-state index >= 15 is 0 Å². The van der Waals surface area contributed by atoms with Gasteiger partial charge in [-0.15, -0.1) is 0 Å². The van der Waals surface area contributed by atoms with Crippen molar-refractivity contribution < 1.29 is 19.1 Å². The van der Waals surface area contributed by atoms with E-state index in [1.54, 1.807) is 32.2 Å². The molecule has 0 radical (unpaired) electrons. The van der Waals surface area contributed by atoms with Gasteiger partial charge in [-0.25, -0.2) is 0 Å². The van der Waals surface area contributed by atoms with E-state index in [9.17, 15) is 9.59 Å². The van der Waals surface area contributed by atoms with Crippen LogP contribution in [-0.4, -0.2) is 42.2 Å². The molecule has 1 heterocycles. The molecule has 0 spiro atoms. The third-order valence-corrected chi connectivity index (χ3v) is 3.30. The van der Waals surface area contributed by atoms with Crippen LogP contribution in [0.15, 0.2) is 30.3 Å². The van der Waals surface area contributed by atoms with E-state index in [4.69, 9.17) is 9.47 Å². The smallest absolute Gasteiger partial charge is 0.272 e. The van der Waals surface area contributed by atoms with Crippen molar-refractivity contribution in [3.05, 3.63) is 41.7 Å². The Bertz CT molecular complexity index is 714. The first kappa shape index (κ1) is 17.3. The SMILES string of the molecule is CNC(=O)C(C)NC(=O)c1cc(COc2ccccc2OC)[nH]n1. The molecule has 8 nitrogen and oxygen atoms in total. The number of amides is 2. The average molecular weight is 332 g/mol. The molecular weight excluding hydrogens is 312 g/mol. The maximum absolute atomic E-state index is 12.0. The predicted octanol–water partition coefficient (Wildman–Crippen LogP) is 0.862. The molecule has 0 aliphatic heterocycles. The molecule has 1 aromatic heterocycles. The summed E-state index contributed by atoms with van der Waals surface area (Å²) in [5.74, 6) is 0.493. The molecule has 0 aliphatic rings. The Labute approximate surface area is 139 Å². The number of para-hydroxylation sites is 2. The summed E-state index contributed by atoms with van der Waals surface area (Å²) in [6, 6.07) is 8.19. The summed E-state index contributed by atoms with van der Waals surface area (Å²) in [5, 5.41) is 11.7. The molecule has 1 unspecified atom stereocenters. The number of nitrogens with one attached hydrogen (secondary N) is 3. The van der Waals surface area contributed by atoms with Crippen LogP contribution in [0.4, 0.5) is 0 Å². The van der Waals surface area contributed by atoms with Crippen molar-refractivity contribution in [3.8, 4) is 11.5 Å². The summed E-state index contributed by atoms with van der Waals surface area (Å²) in [6.45, 7) is 1.79. The van der Waals surface area contributed by atoms with Gasteiger partial charge in [0.05, 0.1) is 12.8 Å². The number of ether oxygens (including phenoxy) is 2. The van der Waals surface area contributed by atoms with E-state index in [1.807, 2.05) is 12.1 Å². The second kappa shape index (κ2) is 8.00. The molecule has 128 valence electrons. The first-order valence-electron chi connectivity index (χ1n) is 7.37. The first-order chi connectivity index (χ1) is 11.5. The Hall–Kier alpha value is -3.03. The minimum Gasteiger partial charge on any atom is -0.493 e. The second-order valence-corrected chi connectivity index (χ2v) is 5.03. The molecule has 0 saturated heterocycles. The number of rotatable bonds is 7. The van der Waals surface area contributed by atoms with Crippen LogP contribution in [0.3, 0.4) is 0 Å². The van der Waals surface area contributed by atoms with E-state index in [0.29, 0.717) is 17.2 Å². The summed E-state index contributed by atoms with van der Waals surface area (Å²) >= 11 is 0. The minimum absolute atomic E-state index is 0.185. The topological polar surface area (TPSA) is 105 Å². The van der Waals surface area contributed by atoms with Crippen LogP contribution in [0.5, 0.6) is 11.5 Å². The fourth-order valence-electron chi connectivity index (χ4n) is 2.00. The zero-order valence-electron chi connectivity index (χ0n) is 13.8. The van der Waals surface area contributed by atoms with Crippen molar-refractivity contribution in [2.75, 3.05) is 14.2 Å². The van der Waals surface area contributed by atoms with Gasteiger partial charge in [0.25, 0.3) is 5.91 Å². The van der Waals surface area contributed by atoms with Crippen LogP contribution in [0.1, 0.15) is 23.1 Å². The molecule has 1 aromatic carbocycles. The molecule has 1 atom stereocenters.